The summed E-state index contributed by atoms with van der Waals surface area (Å²) >= 11 is 3.38. The van der Waals surface area contributed by atoms with Gasteiger partial charge in [0.25, 0.3) is 0 Å². The normalized spacial score (nSPS) is 11.0. The van der Waals surface area contributed by atoms with Gasteiger partial charge < -0.3 is 5.32 Å². The Labute approximate surface area is 146 Å². The summed E-state index contributed by atoms with van der Waals surface area (Å²) in [5, 5.41) is 5.16. The number of hydrogen-bond acceptors (Lipinski definition) is 7. The largest absolute Gasteiger partial charge is 0.315 e. The lowest BCUT2D eigenvalue weighted by molar-refractivity contribution is 0.770. The van der Waals surface area contributed by atoms with Gasteiger partial charge in [-0.05, 0) is 39.8 Å². The van der Waals surface area contributed by atoms with Gasteiger partial charge in [-0.1, -0.05) is 23.5 Å². The highest BCUT2D eigenvalue weighted by molar-refractivity contribution is 7.99. The van der Waals surface area contributed by atoms with E-state index in [0.717, 1.165) is 57.7 Å². The lowest BCUT2D eigenvalue weighted by Crippen LogP contribution is -2.20. The topological polar surface area (TPSA) is 63.6 Å². The average Bonchev–Trinajstić information content (AvgIpc) is 2.44. The summed E-state index contributed by atoms with van der Waals surface area (Å²) in [4.78, 5) is 17.7. The van der Waals surface area contributed by atoms with Gasteiger partial charge in [-0.3, -0.25) is 0 Å². The van der Waals surface area contributed by atoms with Crippen LogP contribution in [0.1, 0.15) is 22.8 Å². The van der Waals surface area contributed by atoms with E-state index in [0.29, 0.717) is 0 Å². The van der Waals surface area contributed by atoms with Gasteiger partial charge in [0.1, 0.15) is 0 Å². The molecule has 0 aliphatic carbocycles. The van der Waals surface area contributed by atoms with Crippen molar-refractivity contribution >= 4 is 23.5 Å². The summed E-state index contributed by atoms with van der Waals surface area (Å²) < 4.78 is 0. The van der Waals surface area contributed by atoms with Crippen molar-refractivity contribution in [2.24, 2.45) is 0 Å². The zero-order valence-electron chi connectivity index (χ0n) is 14.1. The molecule has 0 saturated heterocycles. The number of nitrogens with zero attached hydrogens (tertiary/aromatic N) is 4. The molecule has 0 atom stereocenters. The molecule has 7 heteroatoms. The molecule has 0 bridgehead atoms. The second-order valence-electron chi connectivity index (χ2n) is 5.31. The maximum Gasteiger partial charge on any atom is 0.188 e. The van der Waals surface area contributed by atoms with Crippen LogP contribution in [0.15, 0.2) is 22.4 Å². The number of nitrogens with one attached hydrogen (secondary N) is 1. The minimum atomic E-state index is 0.863. The van der Waals surface area contributed by atoms with Crippen LogP contribution in [-0.2, 0) is 0 Å². The number of hydrogen-bond donors (Lipinski definition) is 1. The summed E-state index contributed by atoms with van der Waals surface area (Å²) in [5.41, 5.74) is 4.10. The smallest absolute Gasteiger partial charge is 0.188 e. The molecule has 124 valence electrons. The zero-order chi connectivity index (χ0) is 16.7. The fraction of sp³-hybridized carbons (Fsp3) is 0.500. The van der Waals surface area contributed by atoms with Crippen LogP contribution in [0.2, 0.25) is 0 Å². The molecule has 2 aromatic heterocycles. The van der Waals surface area contributed by atoms with Gasteiger partial charge in [-0.25, -0.2) is 19.9 Å². The molecule has 5 nitrogen and oxygen atoms in total. The Bertz CT molecular complexity index is 552. The van der Waals surface area contributed by atoms with E-state index in [2.05, 4.69) is 25.3 Å². The van der Waals surface area contributed by atoms with E-state index in [1.807, 2.05) is 39.8 Å². The molecule has 0 unspecified atom stereocenters. The van der Waals surface area contributed by atoms with Crippen LogP contribution >= 0.6 is 23.5 Å². The van der Waals surface area contributed by atoms with Crippen molar-refractivity contribution in [3.63, 3.8) is 0 Å². The van der Waals surface area contributed by atoms with Crippen molar-refractivity contribution in [1.29, 1.82) is 0 Å². The molecule has 0 radical (unpaired) electrons. The maximum absolute atomic E-state index is 4.43. The fourth-order valence-electron chi connectivity index (χ4n) is 2.07. The lowest BCUT2D eigenvalue weighted by atomic mass is 10.4. The second-order valence-corrected chi connectivity index (χ2v) is 7.44. The zero-order valence-corrected chi connectivity index (χ0v) is 15.7. The Morgan fingerprint density at radius 2 is 1.04 bits per heavy atom. The van der Waals surface area contributed by atoms with E-state index in [1.165, 1.54) is 0 Å². The van der Waals surface area contributed by atoms with Gasteiger partial charge in [0.2, 0.25) is 0 Å². The van der Waals surface area contributed by atoms with Crippen molar-refractivity contribution < 1.29 is 0 Å². The third-order valence-corrected chi connectivity index (χ3v) is 4.64. The predicted octanol–water partition coefficient (Wildman–Crippen LogP) is 2.97. The van der Waals surface area contributed by atoms with Gasteiger partial charge in [0.15, 0.2) is 10.3 Å². The standard InChI is InChI=1S/C16H23N5S2/c1-11-9-12(2)19-15(18-11)22-7-5-17-6-8-23-16-20-13(3)10-14(4)21-16/h9-10,17H,5-8H2,1-4H3. The van der Waals surface area contributed by atoms with E-state index >= 15 is 0 Å². The number of thioether (sulfide) groups is 2. The van der Waals surface area contributed by atoms with Crippen LogP contribution in [0.3, 0.4) is 0 Å². The minimum Gasteiger partial charge on any atom is -0.315 e. The molecule has 0 saturated carbocycles. The highest BCUT2D eigenvalue weighted by Gasteiger charge is 2.02. The Morgan fingerprint density at radius 3 is 1.39 bits per heavy atom. The first kappa shape index (κ1) is 18.2. The van der Waals surface area contributed by atoms with Gasteiger partial charge in [0, 0.05) is 47.4 Å². The molecule has 1 N–H and O–H groups in total. The summed E-state index contributed by atoms with van der Waals surface area (Å²) in [7, 11) is 0. The molecule has 2 aromatic rings. The van der Waals surface area contributed by atoms with Crippen molar-refractivity contribution in [1.82, 2.24) is 25.3 Å². The molecule has 2 heterocycles. The van der Waals surface area contributed by atoms with Crippen LogP contribution in [0.4, 0.5) is 0 Å². The molecule has 23 heavy (non-hydrogen) atoms. The molecule has 2 rings (SSSR count). The molecule has 0 aliphatic rings. The Balaban J connectivity index is 1.60. The number of aryl methyl sites for hydroxylation is 4. The maximum atomic E-state index is 4.43. The number of aromatic nitrogens is 4. The third kappa shape index (κ3) is 6.85. The minimum absolute atomic E-state index is 0.863. The van der Waals surface area contributed by atoms with Gasteiger partial charge in [-0.15, -0.1) is 0 Å². The molecule has 0 aromatic carbocycles. The van der Waals surface area contributed by atoms with Crippen molar-refractivity contribution in [2.75, 3.05) is 24.6 Å². The Morgan fingerprint density at radius 1 is 0.696 bits per heavy atom. The summed E-state index contributed by atoms with van der Waals surface area (Å²) in [6.45, 7) is 9.89. The van der Waals surface area contributed by atoms with E-state index < -0.39 is 0 Å². The summed E-state index contributed by atoms with van der Waals surface area (Å²) in [6, 6.07) is 3.99. The highest BCUT2D eigenvalue weighted by Crippen LogP contribution is 2.14. The molecule has 0 fully saturated rings. The Hall–Kier alpha value is -1.18. The van der Waals surface area contributed by atoms with E-state index in [-0.39, 0.29) is 0 Å². The molecule has 0 aliphatic heterocycles. The SMILES string of the molecule is Cc1cc(C)nc(SCCNCCSc2nc(C)cc(C)n2)n1. The van der Waals surface area contributed by atoms with Crippen LogP contribution in [0.5, 0.6) is 0 Å². The van der Waals surface area contributed by atoms with Gasteiger partial charge >= 0.3 is 0 Å². The first-order valence-electron chi connectivity index (χ1n) is 7.64. The first-order valence-corrected chi connectivity index (χ1v) is 9.61. The third-order valence-electron chi connectivity index (χ3n) is 2.94. The molecular formula is C16H23N5S2. The van der Waals surface area contributed by atoms with Gasteiger partial charge in [-0.2, -0.15) is 0 Å². The van der Waals surface area contributed by atoms with Crippen LogP contribution in [0.25, 0.3) is 0 Å². The lowest BCUT2D eigenvalue weighted by Gasteiger charge is -2.05. The molecule has 0 amide bonds. The first-order chi connectivity index (χ1) is 11.0. The molecular weight excluding hydrogens is 326 g/mol. The van der Waals surface area contributed by atoms with E-state index in [9.17, 15) is 0 Å². The quantitative estimate of drug-likeness (QED) is 0.446. The summed E-state index contributed by atoms with van der Waals surface area (Å²) in [5.74, 6) is 1.93. The highest BCUT2D eigenvalue weighted by atomic mass is 32.2. The number of rotatable bonds is 8. The molecule has 0 spiro atoms. The Kier molecular flexibility index (Phi) is 7.26. The van der Waals surface area contributed by atoms with Crippen LogP contribution in [-0.4, -0.2) is 44.5 Å². The van der Waals surface area contributed by atoms with Gasteiger partial charge in [0.05, 0.1) is 0 Å². The van der Waals surface area contributed by atoms with E-state index in [1.54, 1.807) is 23.5 Å². The monoisotopic (exact) mass is 349 g/mol. The average molecular weight is 350 g/mol. The van der Waals surface area contributed by atoms with Crippen molar-refractivity contribution in [3.05, 3.63) is 34.9 Å². The van der Waals surface area contributed by atoms with E-state index in [4.69, 9.17) is 0 Å². The fourth-order valence-corrected chi connectivity index (χ4v) is 3.76. The predicted molar refractivity (Wildman–Crippen MR) is 97.3 cm³/mol. The van der Waals surface area contributed by atoms with Crippen LogP contribution in [0, 0.1) is 27.7 Å². The summed E-state index contributed by atoms with van der Waals surface area (Å²) in [6.07, 6.45) is 0. The second kappa shape index (κ2) is 9.20. The van der Waals surface area contributed by atoms with Crippen molar-refractivity contribution in [3.8, 4) is 0 Å². The van der Waals surface area contributed by atoms with Crippen LogP contribution < -0.4 is 5.32 Å². The van der Waals surface area contributed by atoms with Crippen molar-refractivity contribution in [2.45, 2.75) is 38.0 Å².